The van der Waals surface area contributed by atoms with E-state index in [4.69, 9.17) is 0 Å². The molecule has 0 amide bonds. The van der Waals surface area contributed by atoms with Crippen molar-refractivity contribution in [2.24, 2.45) is 0 Å². The number of aryl methyl sites for hydroxylation is 1. The lowest BCUT2D eigenvalue weighted by Gasteiger charge is -2.11. The van der Waals surface area contributed by atoms with Crippen LogP contribution in [0.4, 0.5) is 0 Å². The molecule has 0 spiro atoms. The summed E-state index contributed by atoms with van der Waals surface area (Å²) < 4.78 is 25.9. The van der Waals surface area contributed by atoms with Crippen LogP contribution in [0.3, 0.4) is 0 Å². The van der Waals surface area contributed by atoms with Crippen LogP contribution in [0.1, 0.15) is 16.4 Å². The van der Waals surface area contributed by atoms with E-state index in [0.717, 1.165) is 10.0 Å². The first-order chi connectivity index (χ1) is 9.45. The van der Waals surface area contributed by atoms with Crippen molar-refractivity contribution in [2.75, 3.05) is 0 Å². The lowest BCUT2D eigenvalue weighted by atomic mass is 10.2. The third-order valence-electron chi connectivity index (χ3n) is 2.95. The van der Waals surface area contributed by atoms with Gasteiger partial charge in [-0.05, 0) is 36.8 Å². The van der Waals surface area contributed by atoms with Crippen LogP contribution < -0.4 is 0 Å². The van der Waals surface area contributed by atoms with E-state index in [1.54, 1.807) is 36.4 Å². The second-order valence-corrected chi connectivity index (χ2v) is 7.37. The Morgan fingerprint density at radius 2 is 1.60 bits per heavy atom. The summed E-state index contributed by atoms with van der Waals surface area (Å²) >= 11 is 3.29. The highest BCUT2D eigenvalue weighted by Crippen LogP contribution is 2.29. The van der Waals surface area contributed by atoms with Gasteiger partial charge in [0.15, 0.2) is 15.1 Å². The van der Waals surface area contributed by atoms with Crippen LogP contribution in [-0.4, -0.2) is 8.42 Å². The summed E-state index contributed by atoms with van der Waals surface area (Å²) in [5.41, 5.74) is 1.44. The third kappa shape index (κ3) is 2.92. The number of halogens is 1. The van der Waals surface area contributed by atoms with Crippen molar-refractivity contribution in [1.29, 1.82) is 5.26 Å². The number of hydrogen-bond donors (Lipinski definition) is 0. The van der Waals surface area contributed by atoms with Gasteiger partial charge in [-0.15, -0.1) is 0 Å². The van der Waals surface area contributed by atoms with E-state index in [0.29, 0.717) is 5.56 Å². The molecule has 0 fully saturated rings. The van der Waals surface area contributed by atoms with Gasteiger partial charge in [-0.3, -0.25) is 0 Å². The number of nitriles is 1. The first-order valence-corrected chi connectivity index (χ1v) is 8.25. The zero-order valence-electron chi connectivity index (χ0n) is 10.7. The zero-order valence-corrected chi connectivity index (χ0v) is 13.1. The predicted molar refractivity (Wildman–Crippen MR) is 80.9 cm³/mol. The molecule has 2 aromatic rings. The number of hydrogen-bond acceptors (Lipinski definition) is 3. The molecule has 0 saturated heterocycles. The maximum absolute atomic E-state index is 12.5. The maximum Gasteiger partial charge on any atom is 0.198 e. The van der Waals surface area contributed by atoms with Gasteiger partial charge in [-0.1, -0.05) is 45.8 Å². The Morgan fingerprint density at radius 3 is 2.10 bits per heavy atom. The van der Waals surface area contributed by atoms with Crippen LogP contribution in [0.5, 0.6) is 0 Å². The molecule has 3 nitrogen and oxygen atoms in total. The first kappa shape index (κ1) is 14.8. The van der Waals surface area contributed by atoms with Crippen molar-refractivity contribution in [3.8, 4) is 6.07 Å². The Bertz CT molecular complexity index is 744. The Balaban J connectivity index is 2.48. The van der Waals surface area contributed by atoms with E-state index in [9.17, 15) is 13.7 Å². The average molecular weight is 350 g/mol. The quantitative estimate of drug-likeness (QED) is 0.846. The smallest absolute Gasteiger partial charge is 0.198 e. The SMILES string of the molecule is Cc1ccc(S(=O)(=O)[C@H](C#N)c2ccc(Br)cc2)cc1. The summed E-state index contributed by atoms with van der Waals surface area (Å²) in [7, 11) is -3.71. The molecular weight excluding hydrogens is 338 g/mol. The van der Waals surface area contributed by atoms with Crippen LogP contribution in [0, 0.1) is 18.3 Å². The van der Waals surface area contributed by atoms with E-state index in [1.165, 1.54) is 12.1 Å². The molecule has 0 aliphatic heterocycles. The fourth-order valence-corrected chi connectivity index (χ4v) is 3.53. The van der Waals surface area contributed by atoms with Gasteiger partial charge in [0.1, 0.15) is 0 Å². The number of nitrogens with zero attached hydrogens (tertiary/aromatic N) is 1. The monoisotopic (exact) mass is 349 g/mol. The molecular formula is C15H12BrNO2S. The minimum Gasteiger partial charge on any atom is -0.222 e. The summed E-state index contributed by atoms with van der Waals surface area (Å²) in [5.74, 6) is 0. The van der Waals surface area contributed by atoms with Gasteiger partial charge < -0.3 is 0 Å². The number of sulfone groups is 1. The van der Waals surface area contributed by atoms with Gasteiger partial charge in [0, 0.05) is 4.47 Å². The summed E-state index contributed by atoms with van der Waals surface area (Å²) in [6, 6.07) is 15.1. The molecule has 0 bridgehead atoms. The summed E-state index contributed by atoms with van der Waals surface area (Å²) in [5, 5.41) is 8.06. The molecule has 0 saturated carbocycles. The predicted octanol–water partition coefficient (Wildman–Crippen LogP) is 3.80. The Hall–Kier alpha value is -1.64. The molecule has 0 unspecified atom stereocenters. The molecule has 102 valence electrons. The van der Waals surface area contributed by atoms with Crippen molar-refractivity contribution in [3.05, 3.63) is 64.1 Å². The van der Waals surface area contributed by atoms with E-state index >= 15 is 0 Å². The van der Waals surface area contributed by atoms with Crippen LogP contribution in [-0.2, 0) is 9.84 Å². The molecule has 0 radical (unpaired) electrons. The van der Waals surface area contributed by atoms with Crippen molar-refractivity contribution in [3.63, 3.8) is 0 Å². The molecule has 0 aromatic heterocycles. The lowest BCUT2D eigenvalue weighted by Crippen LogP contribution is -2.12. The van der Waals surface area contributed by atoms with Crippen molar-refractivity contribution in [1.82, 2.24) is 0 Å². The second-order valence-electron chi connectivity index (χ2n) is 4.42. The topological polar surface area (TPSA) is 57.9 Å². The van der Waals surface area contributed by atoms with Crippen LogP contribution in [0.2, 0.25) is 0 Å². The van der Waals surface area contributed by atoms with Gasteiger partial charge in [0.05, 0.1) is 11.0 Å². The van der Waals surface area contributed by atoms with Gasteiger partial charge >= 0.3 is 0 Å². The number of rotatable bonds is 3. The molecule has 1 atom stereocenters. The standard InChI is InChI=1S/C15H12BrNO2S/c1-11-2-8-14(9-3-11)20(18,19)15(10-17)12-4-6-13(16)7-5-12/h2-9,15H,1H3/t15-/m1/s1. The van der Waals surface area contributed by atoms with Gasteiger partial charge in [-0.25, -0.2) is 8.42 Å². The molecule has 0 aliphatic rings. The maximum atomic E-state index is 12.5. The summed E-state index contributed by atoms with van der Waals surface area (Å²) in [6.45, 7) is 1.88. The molecule has 2 aromatic carbocycles. The van der Waals surface area contributed by atoms with E-state index in [2.05, 4.69) is 15.9 Å². The van der Waals surface area contributed by atoms with Crippen molar-refractivity contribution >= 4 is 25.8 Å². The van der Waals surface area contributed by atoms with Crippen LogP contribution in [0.15, 0.2) is 57.9 Å². The fraction of sp³-hybridized carbons (Fsp3) is 0.133. The molecule has 5 heteroatoms. The second kappa shape index (κ2) is 5.78. The molecule has 20 heavy (non-hydrogen) atoms. The zero-order chi connectivity index (χ0) is 14.8. The van der Waals surface area contributed by atoms with Crippen molar-refractivity contribution in [2.45, 2.75) is 17.1 Å². The minimum absolute atomic E-state index is 0.164. The first-order valence-electron chi connectivity index (χ1n) is 5.91. The summed E-state index contributed by atoms with van der Waals surface area (Å²) in [6.07, 6.45) is 0. The molecule has 2 rings (SSSR count). The third-order valence-corrected chi connectivity index (χ3v) is 5.41. The number of benzene rings is 2. The van der Waals surface area contributed by atoms with Gasteiger partial charge in [0.25, 0.3) is 0 Å². The average Bonchev–Trinajstić information content (AvgIpc) is 2.42. The molecule has 0 N–H and O–H groups in total. The minimum atomic E-state index is -3.71. The Morgan fingerprint density at radius 1 is 1.05 bits per heavy atom. The lowest BCUT2D eigenvalue weighted by molar-refractivity contribution is 0.591. The fourth-order valence-electron chi connectivity index (χ4n) is 1.82. The Kier molecular flexibility index (Phi) is 4.26. The van der Waals surface area contributed by atoms with Crippen molar-refractivity contribution < 1.29 is 8.42 Å². The highest BCUT2D eigenvalue weighted by atomic mass is 79.9. The molecule has 0 aliphatic carbocycles. The highest BCUT2D eigenvalue weighted by molar-refractivity contribution is 9.10. The van der Waals surface area contributed by atoms with E-state index in [-0.39, 0.29) is 4.90 Å². The normalized spacial score (nSPS) is 12.7. The molecule has 0 heterocycles. The van der Waals surface area contributed by atoms with Crippen LogP contribution in [0.25, 0.3) is 0 Å². The summed E-state index contributed by atoms with van der Waals surface area (Å²) in [4.78, 5) is 0.164. The largest absolute Gasteiger partial charge is 0.222 e. The van der Waals surface area contributed by atoms with E-state index < -0.39 is 15.1 Å². The van der Waals surface area contributed by atoms with Gasteiger partial charge in [0.2, 0.25) is 0 Å². The van der Waals surface area contributed by atoms with E-state index in [1.807, 2.05) is 13.0 Å². The Labute approximate surface area is 126 Å². The highest BCUT2D eigenvalue weighted by Gasteiger charge is 2.28. The van der Waals surface area contributed by atoms with Gasteiger partial charge in [-0.2, -0.15) is 5.26 Å². The van der Waals surface area contributed by atoms with Crippen LogP contribution >= 0.6 is 15.9 Å².